The highest BCUT2D eigenvalue weighted by atomic mass is 16.6. The van der Waals surface area contributed by atoms with E-state index in [0.717, 1.165) is 17.9 Å². The minimum atomic E-state index is -0.477. The van der Waals surface area contributed by atoms with Crippen LogP contribution in [0, 0.1) is 6.92 Å². The molecule has 120 valence electrons. The normalized spacial score (nSPS) is 11.5. The maximum absolute atomic E-state index is 11.5. The fourth-order valence-electron chi connectivity index (χ4n) is 1.87. The number of hydrogen-bond acceptors (Lipinski definition) is 6. The van der Waals surface area contributed by atoms with Crippen LogP contribution in [0.25, 0.3) is 5.78 Å². The number of aromatic nitrogens is 4. The van der Waals surface area contributed by atoms with Gasteiger partial charge < -0.3 is 15.4 Å². The van der Waals surface area contributed by atoms with Gasteiger partial charge in [0.15, 0.2) is 0 Å². The van der Waals surface area contributed by atoms with E-state index in [4.69, 9.17) is 4.74 Å². The lowest BCUT2D eigenvalue weighted by molar-refractivity contribution is 0.0528. The number of fused-ring (bicyclic) bond motifs is 1. The molecule has 2 heterocycles. The first-order valence-corrected chi connectivity index (χ1v) is 7.23. The van der Waals surface area contributed by atoms with Crippen molar-refractivity contribution >= 4 is 17.7 Å². The Labute approximate surface area is 129 Å². The van der Waals surface area contributed by atoms with Crippen LogP contribution in [0.4, 0.5) is 10.6 Å². The predicted octanol–water partition coefficient (Wildman–Crippen LogP) is 1.76. The Hall–Kier alpha value is -2.38. The van der Waals surface area contributed by atoms with E-state index in [1.807, 2.05) is 33.8 Å². The van der Waals surface area contributed by atoms with E-state index in [2.05, 4.69) is 25.7 Å². The summed E-state index contributed by atoms with van der Waals surface area (Å²) in [6.45, 7) is 8.64. The maximum Gasteiger partial charge on any atom is 0.407 e. The molecule has 22 heavy (non-hydrogen) atoms. The third-order valence-electron chi connectivity index (χ3n) is 2.71. The zero-order valence-electron chi connectivity index (χ0n) is 13.4. The number of carbonyl (C=O) groups excluding carboxylic acids is 1. The molecule has 0 aromatic carbocycles. The summed E-state index contributed by atoms with van der Waals surface area (Å²) in [5.41, 5.74) is 0.394. The summed E-state index contributed by atoms with van der Waals surface area (Å²) < 4.78 is 6.81. The van der Waals surface area contributed by atoms with E-state index >= 15 is 0 Å². The van der Waals surface area contributed by atoms with Gasteiger partial charge in [-0.25, -0.2) is 9.78 Å². The third kappa shape index (κ3) is 4.57. The third-order valence-corrected chi connectivity index (χ3v) is 2.71. The van der Waals surface area contributed by atoms with Gasteiger partial charge in [0.2, 0.25) is 0 Å². The van der Waals surface area contributed by atoms with Gasteiger partial charge >= 0.3 is 6.09 Å². The summed E-state index contributed by atoms with van der Waals surface area (Å²) in [6, 6.07) is 1.91. The minimum absolute atomic E-state index is 0.397. The Morgan fingerprint density at radius 3 is 2.86 bits per heavy atom. The average Bonchev–Trinajstić information content (AvgIpc) is 2.84. The van der Waals surface area contributed by atoms with Crippen molar-refractivity contribution < 1.29 is 9.53 Å². The number of anilines is 1. The van der Waals surface area contributed by atoms with Gasteiger partial charge in [-0.05, 0) is 34.1 Å². The van der Waals surface area contributed by atoms with E-state index in [-0.39, 0.29) is 0 Å². The first-order valence-electron chi connectivity index (χ1n) is 7.23. The molecule has 0 saturated carbocycles. The van der Waals surface area contributed by atoms with Crippen LogP contribution in [0.5, 0.6) is 0 Å². The van der Waals surface area contributed by atoms with Crippen LogP contribution in [-0.2, 0) is 4.74 Å². The highest BCUT2D eigenvalue weighted by Gasteiger charge is 2.15. The van der Waals surface area contributed by atoms with Crippen LogP contribution in [0.15, 0.2) is 12.4 Å². The zero-order valence-corrected chi connectivity index (χ0v) is 13.4. The molecule has 0 fully saturated rings. The van der Waals surface area contributed by atoms with Crippen molar-refractivity contribution in [1.82, 2.24) is 24.9 Å². The molecule has 0 aliphatic rings. The lowest BCUT2D eigenvalue weighted by Gasteiger charge is -2.19. The quantitative estimate of drug-likeness (QED) is 0.818. The van der Waals surface area contributed by atoms with Gasteiger partial charge in [-0.2, -0.15) is 14.6 Å². The molecule has 0 bridgehead atoms. The van der Waals surface area contributed by atoms with Gasteiger partial charge in [0.25, 0.3) is 5.78 Å². The lowest BCUT2D eigenvalue weighted by atomic mass is 10.2. The van der Waals surface area contributed by atoms with Crippen LogP contribution in [0.2, 0.25) is 0 Å². The van der Waals surface area contributed by atoms with Gasteiger partial charge in [0, 0.05) is 24.8 Å². The van der Waals surface area contributed by atoms with E-state index in [1.165, 1.54) is 6.33 Å². The Morgan fingerprint density at radius 2 is 2.14 bits per heavy atom. The van der Waals surface area contributed by atoms with Crippen LogP contribution < -0.4 is 10.6 Å². The molecule has 0 aliphatic heterocycles. The number of alkyl carbamates (subject to hydrolysis) is 1. The molecule has 0 unspecified atom stereocenters. The number of aryl methyl sites for hydroxylation is 1. The Bertz CT molecular complexity index is 646. The molecule has 2 aromatic rings. The van der Waals surface area contributed by atoms with Crippen LogP contribution in [-0.4, -0.2) is 44.4 Å². The topological polar surface area (TPSA) is 93.4 Å². The molecule has 8 nitrogen and oxygen atoms in total. The SMILES string of the molecule is Cc1cc(NCCCNC(=O)OC(C)(C)C)n2ncnc2n1. The first-order chi connectivity index (χ1) is 10.3. The zero-order chi connectivity index (χ0) is 16.2. The van der Waals surface area contributed by atoms with Crippen LogP contribution >= 0.6 is 0 Å². The second-order valence-electron chi connectivity index (χ2n) is 5.96. The Balaban J connectivity index is 1.77. The van der Waals surface area contributed by atoms with Gasteiger partial charge in [-0.1, -0.05) is 0 Å². The van der Waals surface area contributed by atoms with E-state index in [1.54, 1.807) is 4.52 Å². The average molecular weight is 306 g/mol. The summed E-state index contributed by atoms with van der Waals surface area (Å²) in [5.74, 6) is 1.40. The second-order valence-corrected chi connectivity index (χ2v) is 5.96. The summed E-state index contributed by atoms with van der Waals surface area (Å²) in [5, 5.41) is 10.1. The fraction of sp³-hybridized carbons (Fsp3) is 0.571. The predicted molar refractivity (Wildman–Crippen MR) is 82.9 cm³/mol. The second kappa shape index (κ2) is 6.59. The molecule has 0 spiro atoms. The van der Waals surface area contributed by atoms with Crippen LogP contribution in [0.3, 0.4) is 0 Å². The van der Waals surface area contributed by atoms with Crippen molar-refractivity contribution in [2.75, 3.05) is 18.4 Å². The van der Waals surface area contributed by atoms with Crippen molar-refractivity contribution in [3.8, 4) is 0 Å². The molecule has 0 radical (unpaired) electrons. The number of nitrogens with one attached hydrogen (secondary N) is 2. The molecule has 0 saturated heterocycles. The van der Waals surface area contributed by atoms with Crippen molar-refractivity contribution in [3.63, 3.8) is 0 Å². The Morgan fingerprint density at radius 1 is 1.36 bits per heavy atom. The molecular weight excluding hydrogens is 284 g/mol. The molecule has 2 rings (SSSR count). The van der Waals surface area contributed by atoms with Gasteiger partial charge in [-0.15, -0.1) is 0 Å². The number of amides is 1. The number of hydrogen-bond donors (Lipinski definition) is 2. The molecule has 0 atom stereocenters. The monoisotopic (exact) mass is 306 g/mol. The van der Waals surface area contributed by atoms with Gasteiger partial charge in [0.05, 0.1) is 0 Å². The molecular formula is C14H22N6O2. The molecule has 8 heteroatoms. The standard InChI is InChI=1S/C14H22N6O2/c1-10-8-11(20-12(19-10)17-9-18-20)15-6-5-7-16-13(21)22-14(2,3)4/h8-9,15H,5-7H2,1-4H3,(H,16,21). The van der Waals surface area contributed by atoms with Crippen molar-refractivity contribution in [3.05, 3.63) is 18.1 Å². The first kappa shape index (κ1) is 16.0. The molecule has 0 aliphatic carbocycles. The smallest absolute Gasteiger partial charge is 0.407 e. The highest BCUT2D eigenvalue weighted by molar-refractivity contribution is 5.67. The Kier molecular flexibility index (Phi) is 4.79. The van der Waals surface area contributed by atoms with Crippen LogP contribution in [0.1, 0.15) is 32.9 Å². The molecule has 2 N–H and O–H groups in total. The van der Waals surface area contributed by atoms with E-state index in [9.17, 15) is 4.79 Å². The number of ether oxygens (including phenoxy) is 1. The molecule has 1 amide bonds. The molecule has 2 aromatic heterocycles. The summed E-state index contributed by atoms with van der Waals surface area (Å²) >= 11 is 0. The number of rotatable bonds is 5. The number of nitrogens with zero attached hydrogens (tertiary/aromatic N) is 4. The van der Waals surface area contributed by atoms with Crippen molar-refractivity contribution in [1.29, 1.82) is 0 Å². The van der Waals surface area contributed by atoms with E-state index < -0.39 is 11.7 Å². The fourth-order valence-corrected chi connectivity index (χ4v) is 1.87. The summed E-state index contributed by atoms with van der Waals surface area (Å²) in [6.07, 6.45) is 1.83. The largest absolute Gasteiger partial charge is 0.444 e. The lowest BCUT2D eigenvalue weighted by Crippen LogP contribution is -2.33. The maximum atomic E-state index is 11.5. The van der Waals surface area contributed by atoms with Gasteiger partial charge in [-0.3, -0.25) is 0 Å². The summed E-state index contributed by atoms with van der Waals surface area (Å²) in [7, 11) is 0. The minimum Gasteiger partial charge on any atom is -0.444 e. The number of carbonyl (C=O) groups is 1. The van der Waals surface area contributed by atoms with Gasteiger partial charge in [0.1, 0.15) is 17.7 Å². The van der Waals surface area contributed by atoms with Crippen molar-refractivity contribution in [2.45, 2.75) is 39.7 Å². The van der Waals surface area contributed by atoms with Crippen molar-refractivity contribution in [2.24, 2.45) is 0 Å². The van der Waals surface area contributed by atoms with E-state index in [0.29, 0.717) is 18.9 Å². The summed E-state index contributed by atoms with van der Waals surface area (Å²) in [4.78, 5) is 19.8. The highest BCUT2D eigenvalue weighted by Crippen LogP contribution is 2.10.